The zero-order valence-corrected chi connectivity index (χ0v) is 8.38. The molecule has 0 bridgehead atoms. The van der Waals surface area contributed by atoms with E-state index in [4.69, 9.17) is 15.7 Å². The van der Waals surface area contributed by atoms with E-state index in [0.29, 0.717) is 16.5 Å². The molecule has 0 saturated carbocycles. The van der Waals surface area contributed by atoms with Gasteiger partial charge in [0, 0.05) is 10.6 Å². The molecule has 4 heteroatoms. The zero-order chi connectivity index (χ0) is 9.97. The first kappa shape index (κ1) is 9.38. The van der Waals surface area contributed by atoms with Crippen LogP contribution in [0.5, 0.6) is 0 Å². The second-order valence-electron chi connectivity index (χ2n) is 3.14. The summed E-state index contributed by atoms with van der Waals surface area (Å²) in [6.07, 6.45) is 0. The van der Waals surface area contributed by atoms with Gasteiger partial charge in [-0.25, -0.2) is 0 Å². The summed E-state index contributed by atoms with van der Waals surface area (Å²) in [5, 5.41) is 9.32. The van der Waals surface area contributed by atoms with Crippen molar-refractivity contribution >= 4 is 17.4 Å². The Morgan fingerprint density at radius 1 is 1.50 bits per heavy atom. The molecule has 1 fully saturated rings. The Bertz CT molecular complexity index is 382. The van der Waals surface area contributed by atoms with Gasteiger partial charge in [-0.2, -0.15) is 5.26 Å². The summed E-state index contributed by atoms with van der Waals surface area (Å²) in [6, 6.07) is 7.63. The van der Waals surface area contributed by atoms with Gasteiger partial charge in [0.05, 0.1) is 24.0 Å². The Hall–Kier alpha value is -1.18. The average molecular weight is 206 g/mol. The SMILES string of the molecule is N#Cc1cc(SC2COC2)ccc1N. The lowest BCUT2D eigenvalue weighted by Crippen LogP contribution is -2.30. The smallest absolute Gasteiger partial charge is 0.101 e. The standard InChI is InChI=1S/C10H10N2OS/c11-4-7-3-8(1-2-10(7)12)14-9-5-13-6-9/h1-3,9H,5-6,12H2. The van der Waals surface area contributed by atoms with Crippen molar-refractivity contribution < 1.29 is 4.74 Å². The number of nitrogen functional groups attached to an aromatic ring is 1. The zero-order valence-electron chi connectivity index (χ0n) is 7.56. The summed E-state index contributed by atoms with van der Waals surface area (Å²) in [5.41, 5.74) is 6.72. The number of ether oxygens (including phenoxy) is 1. The molecule has 1 heterocycles. The first-order valence-electron chi connectivity index (χ1n) is 4.33. The van der Waals surface area contributed by atoms with Gasteiger partial charge in [0.2, 0.25) is 0 Å². The maximum absolute atomic E-state index is 8.78. The number of anilines is 1. The van der Waals surface area contributed by atoms with E-state index in [1.165, 1.54) is 0 Å². The van der Waals surface area contributed by atoms with Gasteiger partial charge >= 0.3 is 0 Å². The van der Waals surface area contributed by atoms with E-state index >= 15 is 0 Å². The molecule has 0 aliphatic carbocycles. The Morgan fingerprint density at radius 2 is 2.29 bits per heavy atom. The number of hydrogen-bond donors (Lipinski definition) is 1. The molecule has 0 aromatic heterocycles. The molecule has 1 aromatic rings. The van der Waals surface area contributed by atoms with E-state index in [-0.39, 0.29) is 0 Å². The lowest BCUT2D eigenvalue weighted by atomic mass is 10.2. The van der Waals surface area contributed by atoms with Crippen molar-refractivity contribution in [2.75, 3.05) is 18.9 Å². The predicted molar refractivity (Wildman–Crippen MR) is 56.0 cm³/mol. The predicted octanol–water partition coefficient (Wildman–Crippen LogP) is 1.63. The number of nitrogens with zero attached hydrogens (tertiary/aromatic N) is 1. The Balaban J connectivity index is 2.14. The van der Waals surface area contributed by atoms with Crippen molar-refractivity contribution in [2.24, 2.45) is 0 Å². The van der Waals surface area contributed by atoms with Crippen molar-refractivity contribution in [1.29, 1.82) is 5.26 Å². The molecule has 2 rings (SSSR count). The van der Waals surface area contributed by atoms with Crippen LogP contribution >= 0.6 is 11.8 Å². The van der Waals surface area contributed by atoms with Gasteiger partial charge in [-0.1, -0.05) is 0 Å². The molecular weight excluding hydrogens is 196 g/mol. The Kier molecular flexibility index (Phi) is 2.62. The fourth-order valence-electron chi connectivity index (χ4n) is 1.18. The molecule has 0 atom stereocenters. The van der Waals surface area contributed by atoms with E-state index in [1.807, 2.05) is 12.1 Å². The van der Waals surface area contributed by atoms with E-state index in [9.17, 15) is 0 Å². The van der Waals surface area contributed by atoms with Gasteiger partial charge in [-0.05, 0) is 18.2 Å². The molecule has 0 unspecified atom stereocenters. The molecule has 0 spiro atoms. The molecule has 1 saturated heterocycles. The van der Waals surface area contributed by atoms with Gasteiger partial charge in [0.15, 0.2) is 0 Å². The van der Waals surface area contributed by atoms with Crippen LogP contribution in [-0.2, 0) is 4.74 Å². The van der Waals surface area contributed by atoms with Crippen molar-refractivity contribution in [3.8, 4) is 6.07 Å². The molecule has 1 aliphatic heterocycles. The number of hydrogen-bond acceptors (Lipinski definition) is 4. The monoisotopic (exact) mass is 206 g/mol. The minimum Gasteiger partial charge on any atom is -0.398 e. The number of thioether (sulfide) groups is 1. The summed E-state index contributed by atoms with van der Waals surface area (Å²) in [6.45, 7) is 1.61. The van der Waals surface area contributed by atoms with Crippen LogP contribution in [0.25, 0.3) is 0 Å². The average Bonchev–Trinajstić information content (AvgIpc) is 2.14. The molecular formula is C10H10N2OS. The molecule has 0 radical (unpaired) electrons. The minimum atomic E-state index is 0.533. The number of nitriles is 1. The van der Waals surface area contributed by atoms with Gasteiger partial charge in [-0.3, -0.25) is 0 Å². The van der Waals surface area contributed by atoms with Gasteiger partial charge in [-0.15, -0.1) is 11.8 Å². The number of nitrogens with two attached hydrogens (primary N) is 1. The summed E-state index contributed by atoms with van der Waals surface area (Å²) < 4.78 is 5.08. The highest BCUT2D eigenvalue weighted by atomic mass is 32.2. The minimum absolute atomic E-state index is 0.533. The molecule has 1 aliphatic rings. The second-order valence-corrected chi connectivity index (χ2v) is 4.51. The van der Waals surface area contributed by atoms with Crippen LogP contribution in [0.3, 0.4) is 0 Å². The van der Waals surface area contributed by atoms with E-state index in [2.05, 4.69) is 6.07 Å². The van der Waals surface area contributed by atoms with Crippen molar-refractivity contribution in [3.05, 3.63) is 23.8 Å². The molecule has 14 heavy (non-hydrogen) atoms. The maximum atomic E-state index is 8.78. The van der Waals surface area contributed by atoms with Crippen molar-refractivity contribution in [1.82, 2.24) is 0 Å². The molecule has 0 amide bonds. The fourth-order valence-corrected chi connectivity index (χ4v) is 2.23. The van der Waals surface area contributed by atoms with Crippen LogP contribution in [0, 0.1) is 11.3 Å². The fraction of sp³-hybridized carbons (Fsp3) is 0.300. The third-order valence-corrected chi connectivity index (χ3v) is 3.19. The Labute approximate surface area is 86.9 Å². The van der Waals surface area contributed by atoms with E-state index in [0.717, 1.165) is 18.1 Å². The molecule has 72 valence electrons. The highest BCUT2D eigenvalue weighted by Crippen LogP contribution is 2.29. The summed E-state index contributed by atoms with van der Waals surface area (Å²) in [4.78, 5) is 1.09. The van der Waals surface area contributed by atoms with Crippen LogP contribution in [0.1, 0.15) is 5.56 Å². The lowest BCUT2D eigenvalue weighted by Gasteiger charge is -2.25. The van der Waals surface area contributed by atoms with Gasteiger partial charge in [0.25, 0.3) is 0 Å². The number of rotatable bonds is 2. The highest BCUT2D eigenvalue weighted by Gasteiger charge is 2.19. The summed E-state index contributed by atoms with van der Waals surface area (Å²) in [5.74, 6) is 0. The lowest BCUT2D eigenvalue weighted by molar-refractivity contribution is 0.0455. The third kappa shape index (κ3) is 1.84. The van der Waals surface area contributed by atoms with E-state index < -0.39 is 0 Å². The van der Waals surface area contributed by atoms with Crippen LogP contribution in [0.4, 0.5) is 5.69 Å². The first-order chi connectivity index (χ1) is 6.79. The summed E-state index contributed by atoms with van der Waals surface area (Å²) >= 11 is 1.74. The maximum Gasteiger partial charge on any atom is 0.101 e. The molecule has 1 aromatic carbocycles. The first-order valence-corrected chi connectivity index (χ1v) is 5.21. The van der Waals surface area contributed by atoms with Crippen LogP contribution < -0.4 is 5.73 Å². The van der Waals surface area contributed by atoms with Gasteiger partial charge in [0.1, 0.15) is 6.07 Å². The number of benzene rings is 1. The third-order valence-electron chi connectivity index (χ3n) is 2.06. The topological polar surface area (TPSA) is 59.0 Å². The van der Waals surface area contributed by atoms with E-state index in [1.54, 1.807) is 17.8 Å². The molecule has 3 nitrogen and oxygen atoms in total. The van der Waals surface area contributed by atoms with Crippen molar-refractivity contribution in [3.63, 3.8) is 0 Å². The van der Waals surface area contributed by atoms with Gasteiger partial charge < -0.3 is 10.5 Å². The Morgan fingerprint density at radius 3 is 2.86 bits per heavy atom. The highest BCUT2D eigenvalue weighted by molar-refractivity contribution is 8.00. The van der Waals surface area contributed by atoms with Crippen LogP contribution in [0.15, 0.2) is 23.1 Å². The normalized spacial score (nSPS) is 15.9. The molecule has 2 N–H and O–H groups in total. The largest absolute Gasteiger partial charge is 0.398 e. The summed E-state index contributed by atoms with van der Waals surface area (Å²) in [7, 11) is 0. The van der Waals surface area contributed by atoms with Crippen molar-refractivity contribution in [2.45, 2.75) is 10.1 Å². The van der Waals surface area contributed by atoms with Crippen LogP contribution in [-0.4, -0.2) is 18.5 Å². The second kappa shape index (κ2) is 3.91. The van der Waals surface area contributed by atoms with Crippen LogP contribution in [0.2, 0.25) is 0 Å². The quantitative estimate of drug-likeness (QED) is 0.747.